The summed E-state index contributed by atoms with van der Waals surface area (Å²) in [6.07, 6.45) is 5.58. The van der Waals surface area contributed by atoms with Crippen molar-refractivity contribution in [2.24, 2.45) is 0 Å². The molecule has 0 aliphatic carbocycles. The molecule has 0 saturated heterocycles. The fourth-order valence-electron chi connectivity index (χ4n) is 1.33. The van der Waals surface area contributed by atoms with Gasteiger partial charge in [0.05, 0.1) is 0 Å². The minimum absolute atomic E-state index is 0.498. The molecular weight excluding hydrogens is 150 g/mol. The first kappa shape index (κ1) is 11.2. The van der Waals surface area contributed by atoms with Crippen molar-refractivity contribution >= 4 is 8.96 Å². The highest BCUT2D eigenvalue weighted by molar-refractivity contribution is 6.55. The monoisotopic (exact) mass is 173 g/mol. The Morgan fingerprint density at radius 2 is 1.45 bits per heavy atom. The molecule has 2 heteroatoms. The van der Waals surface area contributed by atoms with E-state index in [9.17, 15) is 0 Å². The highest BCUT2D eigenvalue weighted by Crippen LogP contribution is 2.06. The van der Waals surface area contributed by atoms with Crippen molar-refractivity contribution in [2.75, 3.05) is 7.05 Å². The SMILES string of the molecule is CCCC[SiH](CCCC)NC. The molecule has 0 rings (SSSR count). The lowest BCUT2D eigenvalue weighted by atomic mass is 10.4. The van der Waals surface area contributed by atoms with Gasteiger partial charge in [-0.1, -0.05) is 39.5 Å². The van der Waals surface area contributed by atoms with Gasteiger partial charge in [0.15, 0.2) is 0 Å². The van der Waals surface area contributed by atoms with E-state index in [2.05, 4.69) is 25.9 Å². The van der Waals surface area contributed by atoms with Crippen LogP contribution >= 0.6 is 0 Å². The number of nitrogens with one attached hydrogen (secondary N) is 1. The van der Waals surface area contributed by atoms with E-state index in [4.69, 9.17) is 0 Å². The molecule has 0 unspecified atom stereocenters. The van der Waals surface area contributed by atoms with Crippen LogP contribution in [0.5, 0.6) is 0 Å². The molecule has 0 radical (unpaired) electrons. The van der Waals surface area contributed by atoms with Crippen LogP contribution in [0.2, 0.25) is 12.1 Å². The van der Waals surface area contributed by atoms with Crippen molar-refractivity contribution in [3.05, 3.63) is 0 Å². The predicted molar refractivity (Wildman–Crippen MR) is 55.6 cm³/mol. The van der Waals surface area contributed by atoms with Crippen molar-refractivity contribution in [3.63, 3.8) is 0 Å². The molecule has 0 aromatic rings. The lowest BCUT2D eigenvalue weighted by molar-refractivity contribution is 0.827. The Morgan fingerprint density at radius 1 is 1.00 bits per heavy atom. The first-order valence-corrected chi connectivity index (χ1v) is 7.23. The average Bonchev–Trinajstić information content (AvgIpc) is 2.05. The van der Waals surface area contributed by atoms with Gasteiger partial charge in [0.1, 0.15) is 8.96 Å². The van der Waals surface area contributed by atoms with Crippen LogP contribution < -0.4 is 4.98 Å². The molecular formula is C9H23NSi. The van der Waals surface area contributed by atoms with Crippen LogP contribution in [-0.4, -0.2) is 16.0 Å². The second-order valence-corrected chi connectivity index (χ2v) is 6.40. The quantitative estimate of drug-likeness (QED) is 0.583. The Hall–Kier alpha value is 0.177. The highest BCUT2D eigenvalue weighted by Gasteiger charge is 2.05. The maximum absolute atomic E-state index is 3.51. The van der Waals surface area contributed by atoms with Gasteiger partial charge >= 0.3 is 0 Å². The normalized spacial score (nSPS) is 10.9. The Balaban J connectivity index is 3.25. The summed E-state index contributed by atoms with van der Waals surface area (Å²) < 4.78 is 0. The molecule has 0 atom stereocenters. The summed E-state index contributed by atoms with van der Waals surface area (Å²) in [5.41, 5.74) is 0. The minimum Gasteiger partial charge on any atom is -0.342 e. The molecule has 68 valence electrons. The van der Waals surface area contributed by atoms with E-state index < -0.39 is 8.96 Å². The molecule has 0 spiro atoms. The Bertz CT molecular complexity index is 68.0. The van der Waals surface area contributed by atoms with Gasteiger partial charge in [0, 0.05) is 0 Å². The average molecular weight is 173 g/mol. The number of unbranched alkanes of at least 4 members (excludes halogenated alkanes) is 2. The van der Waals surface area contributed by atoms with Crippen LogP contribution in [0.1, 0.15) is 39.5 Å². The van der Waals surface area contributed by atoms with Crippen molar-refractivity contribution in [1.29, 1.82) is 0 Å². The first-order valence-electron chi connectivity index (χ1n) is 5.02. The fourth-order valence-corrected chi connectivity index (χ4v) is 4.00. The lowest BCUT2D eigenvalue weighted by Crippen LogP contribution is -2.29. The van der Waals surface area contributed by atoms with Gasteiger partial charge in [0.2, 0.25) is 0 Å². The molecule has 1 nitrogen and oxygen atoms in total. The largest absolute Gasteiger partial charge is 0.342 e. The fraction of sp³-hybridized carbons (Fsp3) is 1.00. The highest BCUT2D eigenvalue weighted by atomic mass is 28.3. The van der Waals surface area contributed by atoms with Crippen molar-refractivity contribution in [1.82, 2.24) is 4.98 Å². The Morgan fingerprint density at radius 3 is 1.73 bits per heavy atom. The van der Waals surface area contributed by atoms with E-state index in [0.717, 1.165) is 0 Å². The summed E-state index contributed by atoms with van der Waals surface area (Å²) in [5.74, 6) is 0. The molecule has 11 heavy (non-hydrogen) atoms. The van der Waals surface area contributed by atoms with E-state index in [1.807, 2.05) is 0 Å². The molecule has 0 fully saturated rings. The van der Waals surface area contributed by atoms with Crippen molar-refractivity contribution in [3.8, 4) is 0 Å². The van der Waals surface area contributed by atoms with Gasteiger partial charge in [-0.15, -0.1) is 0 Å². The van der Waals surface area contributed by atoms with E-state index in [1.165, 1.54) is 37.8 Å². The standard InChI is InChI=1S/C9H23NSi/c1-4-6-8-11(10-3)9-7-5-2/h10-11H,4-9H2,1-3H3. The van der Waals surface area contributed by atoms with Crippen LogP contribution in [0.25, 0.3) is 0 Å². The summed E-state index contributed by atoms with van der Waals surface area (Å²) >= 11 is 0. The number of hydrogen-bond acceptors (Lipinski definition) is 1. The second kappa shape index (κ2) is 8.28. The van der Waals surface area contributed by atoms with Crippen molar-refractivity contribution < 1.29 is 0 Å². The Labute approximate surface area is 73.3 Å². The van der Waals surface area contributed by atoms with Gasteiger partial charge in [0.25, 0.3) is 0 Å². The third-order valence-corrected chi connectivity index (χ3v) is 5.25. The summed E-state index contributed by atoms with van der Waals surface area (Å²) in [6.45, 7) is 4.56. The number of hydrogen-bond donors (Lipinski definition) is 1. The van der Waals surface area contributed by atoms with Gasteiger partial charge < -0.3 is 4.98 Å². The van der Waals surface area contributed by atoms with E-state index in [1.54, 1.807) is 0 Å². The zero-order valence-corrected chi connectivity index (χ0v) is 9.47. The lowest BCUT2D eigenvalue weighted by Gasteiger charge is -2.12. The third-order valence-electron chi connectivity index (χ3n) is 2.22. The van der Waals surface area contributed by atoms with Gasteiger partial charge in [-0.2, -0.15) is 0 Å². The van der Waals surface area contributed by atoms with E-state index in [-0.39, 0.29) is 0 Å². The molecule has 0 saturated carbocycles. The van der Waals surface area contributed by atoms with Gasteiger partial charge in [-0.25, -0.2) is 0 Å². The van der Waals surface area contributed by atoms with Crippen LogP contribution in [0.15, 0.2) is 0 Å². The van der Waals surface area contributed by atoms with Crippen molar-refractivity contribution in [2.45, 2.75) is 51.6 Å². The predicted octanol–water partition coefficient (Wildman–Crippen LogP) is 2.53. The Kier molecular flexibility index (Phi) is 8.41. The van der Waals surface area contributed by atoms with E-state index in [0.29, 0.717) is 0 Å². The van der Waals surface area contributed by atoms with Gasteiger partial charge in [-0.3, -0.25) is 0 Å². The minimum atomic E-state index is -0.498. The van der Waals surface area contributed by atoms with Crippen LogP contribution in [0.4, 0.5) is 0 Å². The molecule has 0 aromatic carbocycles. The molecule has 0 aliphatic heterocycles. The maximum atomic E-state index is 3.51. The van der Waals surface area contributed by atoms with Gasteiger partial charge in [-0.05, 0) is 19.1 Å². The summed E-state index contributed by atoms with van der Waals surface area (Å²) in [7, 11) is 1.64. The first-order chi connectivity index (χ1) is 5.35. The molecule has 0 heterocycles. The third kappa shape index (κ3) is 6.57. The zero-order chi connectivity index (χ0) is 8.53. The summed E-state index contributed by atoms with van der Waals surface area (Å²) in [4.78, 5) is 3.51. The van der Waals surface area contributed by atoms with Crippen LogP contribution in [0, 0.1) is 0 Å². The van der Waals surface area contributed by atoms with Crippen LogP contribution in [0.3, 0.4) is 0 Å². The molecule has 1 N–H and O–H groups in total. The summed E-state index contributed by atoms with van der Waals surface area (Å²) in [6, 6.07) is 2.99. The summed E-state index contributed by atoms with van der Waals surface area (Å²) in [5, 5.41) is 0. The molecule has 0 bridgehead atoms. The molecule has 0 aliphatic rings. The number of rotatable bonds is 7. The topological polar surface area (TPSA) is 12.0 Å². The second-order valence-electron chi connectivity index (χ2n) is 3.27. The van der Waals surface area contributed by atoms with E-state index >= 15 is 0 Å². The smallest absolute Gasteiger partial charge is 0.108 e. The maximum Gasteiger partial charge on any atom is 0.108 e. The van der Waals surface area contributed by atoms with Crippen LogP contribution in [-0.2, 0) is 0 Å². The molecule has 0 aromatic heterocycles. The zero-order valence-electron chi connectivity index (χ0n) is 8.32. The molecule has 0 amide bonds.